The third-order valence-electron chi connectivity index (χ3n) is 6.19. The van der Waals surface area contributed by atoms with E-state index in [2.05, 4.69) is 42.9 Å². The minimum atomic E-state index is -0.204. The highest BCUT2D eigenvalue weighted by Crippen LogP contribution is 2.24. The first-order valence-corrected chi connectivity index (χ1v) is 12.2. The number of nitrogens with zero attached hydrogens (tertiary/aromatic N) is 2. The summed E-state index contributed by atoms with van der Waals surface area (Å²) in [6.45, 7) is 11.1. The van der Waals surface area contributed by atoms with Gasteiger partial charge in [0.25, 0.3) is 11.5 Å². The fraction of sp³-hybridized carbons (Fsp3) is 0.300. The van der Waals surface area contributed by atoms with Gasteiger partial charge in [-0.3, -0.25) is 9.59 Å². The van der Waals surface area contributed by atoms with Crippen molar-refractivity contribution < 1.29 is 9.53 Å². The molecule has 1 aromatic heterocycles. The Morgan fingerprint density at radius 3 is 2.28 bits per heavy atom. The molecule has 1 N–H and O–H groups in total. The number of carbonyl (C=O) groups is 1. The number of aromatic amines is 1. The van der Waals surface area contributed by atoms with Gasteiger partial charge in [-0.2, -0.15) is 0 Å². The average Bonchev–Trinajstić information content (AvgIpc) is 2.85. The second kappa shape index (κ2) is 10.4. The van der Waals surface area contributed by atoms with Crippen molar-refractivity contribution in [1.29, 1.82) is 0 Å². The van der Waals surface area contributed by atoms with Crippen molar-refractivity contribution in [2.45, 2.75) is 59.2 Å². The summed E-state index contributed by atoms with van der Waals surface area (Å²) in [5.74, 6) is 1.15. The van der Waals surface area contributed by atoms with Crippen molar-refractivity contribution in [3.8, 4) is 5.75 Å². The van der Waals surface area contributed by atoms with Crippen LogP contribution in [-0.4, -0.2) is 26.8 Å². The number of carbonyl (C=O) groups excluding carboxylic acids is 1. The summed E-state index contributed by atoms with van der Waals surface area (Å²) in [6, 6.07) is 22.7. The predicted molar refractivity (Wildman–Crippen MR) is 143 cm³/mol. The molecule has 0 saturated heterocycles. The fourth-order valence-electron chi connectivity index (χ4n) is 3.99. The number of nitrogens with one attached hydrogen (secondary N) is 1. The van der Waals surface area contributed by atoms with Gasteiger partial charge in [0.05, 0.1) is 17.4 Å². The SMILES string of the molecule is CC(C)N(Cc1nc2ccccc2c(=O)[nH]1)C(=O)c1ccc(COc2ccc(C(C)(C)C)cc2)cc1. The predicted octanol–water partition coefficient (Wildman–Crippen LogP) is 5.85. The van der Waals surface area contributed by atoms with Gasteiger partial charge in [-0.1, -0.05) is 57.2 Å². The number of hydrogen-bond donors (Lipinski definition) is 1. The molecule has 186 valence electrons. The molecule has 3 aromatic carbocycles. The van der Waals surface area contributed by atoms with E-state index < -0.39 is 0 Å². The maximum Gasteiger partial charge on any atom is 0.258 e. The minimum Gasteiger partial charge on any atom is -0.489 e. The number of H-pyrrole nitrogens is 1. The van der Waals surface area contributed by atoms with Crippen LogP contribution >= 0.6 is 0 Å². The molecule has 0 unspecified atom stereocenters. The summed E-state index contributed by atoms with van der Waals surface area (Å²) in [5, 5.41) is 0.534. The number of rotatable bonds is 7. The van der Waals surface area contributed by atoms with Crippen molar-refractivity contribution in [1.82, 2.24) is 14.9 Å². The van der Waals surface area contributed by atoms with Gasteiger partial charge in [-0.15, -0.1) is 0 Å². The van der Waals surface area contributed by atoms with E-state index in [1.54, 1.807) is 23.1 Å². The van der Waals surface area contributed by atoms with E-state index in [9.17, 15) is 9.59 Å². The fourth-order valence-corrected chi connectivity index (χ4v) is 3.99. The molecule has 0 aliphatic carbocycles. The Labute approximate surface area is 212 Å². The number of fused-ring (bicyclic) bond motifs is 1. The van der Waals surface area contributed by atoms with Crippen LogP contribution < -0.4 is 10.3 Å². The van der Waals surface area contributed by atoms with E-state index in [1.165, 1.54) is 5.56 Å². The lowest BCUT2D eigenvalue weighted by Gasteiger charge is -2.26. The van der Waals surface area contributed by atoms with Crippen LogP contribution in [0.4, 0.5) is 0 Å². The van der Waals surface area contributed by atoms with Crippen LogP contribution in [0.15, 0.2) is 77.6 Å². The molecule has 0 saturated carbocycles. The summed E-state index contributed by atoms with van der Waals surface area (Å²) in [7, 11) is 0. The van der Waals surface area contributed by atoms with E-state index in [0.717, 1.165) is 11.3 Å². The van der Waals surface area contributed by atoms with Gasteiger partial charge >= 0.3 is 0 Å². The molecule has 36 heavy (non-hydrogen) atoms. The molecule has 0 atom stereocenters. The maximum absolute atomic E-state index is 13.3. The van der Waals surface area contributed by atoms with Gasteiger partial charge in [-0.25, -0.2) is 4.98 Å². The second-order valence-electron chi connectivity index (χ2n) is 10.3. The molecule has 1 heterocycles. The normalized spacial score (nSPS) is 11.6. The lowest BCUT2D eigenvalue weighted by molar-refractivity contribution is 0.0685. The van der Waals surface area contributed by atoms with Crippen LogP contribution in [0.5, 0.6) is 5.75 Å². The molecule has 4 aromatic rings. The van der Waals surface area contributed by atoms with Gasteiger partial charge in [0.1, 0.15) is 18.2 Å². The zero-order valence-corrected chi connectivity index (χ0v) is 21.5. The van der Waals surface area contributed by atoms with Gasteiger partial charge in [0, 0.05) is 11.6 Å². The summed E-state index contributed by atoms with van der Waals surface area (Å²) < 4.78 is 5.93. The smallest absolute Gasteiger partial charge is 0.258 e. The highest BCUT2D eigenvalue weighted by molar-refractivity contribution is 5.94. The first kappa shape index (κ1) is 25.2. The molecular formula is C30H33N3O3. The quantitative estimate of drug-likeness (QED) is 0.358. The summed E-state index contributed by atoms with van der Waals surface area (Å²) >= 11 is 0. The number of benzene rings is 3. The number of aromatic nitrogens is 2. The molecule has 1 amide bonds. The van der Waals surface area contributed by atoms with E-state index in [0.29, 0.717) is 28.9 Å². The van der Waals surface area contributed by atoms with E-state index >= 15 is 0 Å². The molecule has 0 bridgehead atoms. The average molecular weight is 484 g/mol. The van der Waals surface area contributed by atoms with Crippen LogP contribution in [0.2, 0.25) is 0 Å². The lowest BCUT2D eigenvalue weighted by atomic mass is 9.87. The first-order chi connectivity index (χ1) is 17.1. The van der Waals surface area contributed by atoms with Crippen LogP contribution in [0.25, 0.3) is 10.9 Å². The van der Waals surface area contributed by atoms with Gasteiger partial charge in [0.15, 0.2) is 0 Å². The van der Waals surface area contributed by atoms with E-state index in [-0.39, 0.29) is 29.5 Å². The van der Waals surface area contributed by atoms with E-state index in [1.807, 2.05) is 56.3 Å². The molecular weight excluding hydrogens is 450 g/mol. The Morgan fingerprint density at radius 1 is 0.972 bits per heavy atom. The standard InChI is InChI=1S/C30H33N3O3/c1-20(2)33(18-27-31-26-9-7-6-8-25(26)28(34)32-27)29(35)22-12-10-21(11-13-22)19-36-24-16-14-23(15-17-24)30(3,4)5/h6-17,20H,18-19H2,1-5H3,(H,31,32,34). The van der Waals surface area contributed by atoms with Gasteiger partial charge in [-0.05, 0) is 66.8 Å². The number of amides is 1. The molecule has 6 heteroatoms. The Kier molecular flexibility index (Phi) is 7.25. The highest BCUT2D eigenvalue weighted by Gasteiger charge is 2.21. The first-order valence-electron chi connectivity index (χ1n) is 12.2. The maximum atomic E-state index is 13.3. The molecule has 0 fully saturated rings. The summed E-state index contributed by atoms with van der Waals surface area (Å²) in [5.41, 5.74) is 3.32. The molecule has 0 radical (unpaired) electrons. The number of para-hydroxylation sites is 1. The Balaban J connectivity index is 1.44. The van der Waals surface area contributed by atoms with Gasteiger partial charge < -0.3 is 14.6 Å². The number of hydrogen-bond acceptors (Lipinski definition) is 4. The van der Waals surface area contributed by atoms with Gasteiger partial charge in [0.2, 0.25) is 0 Å². The number of ether oxygens (including phenoxy) is 1. The van der Waals surface area contributed by atoms with Crippen molar-refractivity contribution in [2.24, 2.45) is 0 Å². The van der Waals surface area contributed by atoms with Crippen molar-refractivity contribution in [3.05, 3.63) is 106 Å². The largest absolute Gasteiger partial charge is 0.489 e. The zero-order chi connectivity index (χ0) is 25.9. The van der Waals surface area contributed by atoms with Crippen molar-refractivity contribution in [3.63, 3.8) is 0 Å². The highest BCUT2D eigenvalue weighted by atomic mass is 16.5. The van der Waals surface area contributed by atoms with E-state index in [4.69, 9.17) is 4.74 Å². The molecule has 4 rings (SSSR count). The van der Waals surface area contributed by atoms with Crippen LogP contribution in [0.1, 0.15) is 61.9 Å². The second-order valence-corrected chi connectivity index (χ2v) is 10.3. The summed E-state index contributed by atoms with van der Waals surface area (Å²) in [6.07, 6.45) is 0. The Hall–Kier alpha value is -3.93. The topological polar surface area (TPSA) is 75.3 Å². The Bertz CT molecular complexity index is 1400. The molecule has 0 aliphatic rings. The third kappa shape index (κ3) is 5.82. The van der Waals surface area contributed by atoms with Crippen molar-refractivity contribution in [2.75, 3.05) is 0 Å². The Morgan fingerprint density at radius 2 is 1.64 bits per heavy atom. The zero-order valence-electron chi connectivity index (χ0n) is 21.5. The lowest BCUT2D eigenvalue weighted by Crippen LogP contribution is -2.37. The minimum absolute atomic E-state index is 0.0756. The van der Waals surface area contributed by atoms with Crippen molar-refractivity contribution >= 4 is 16.8 Å². The molecule has 0 spiro atoms. The van der Waals surface area contributed by atoms with Crippen LogP contribution in [0, 0.1) is 0 Å². The van der Waals surface area contributed by atoms with Crippen LogP contribution in [0.3, 0.4) is 0 Å². The molecule has 0 aliphatic heterocycles. The van der Waals surface area contributed by atoms with Crippen LogP contribution in [-0.2, 0) is 18.6 Å². The summed E-state index contributed by atoms with van der Waals surface area (Å²) in [4.78, 5) is 34.8. The monoisotopic (exact) mass is 483 g/mol. The third-order valence-corrected chi connectivity index (χ3v) is 6.19. The molecule has 6 nitrogen and oxygen atoms in total.